The van der Waals surface area contributed by atoms with Gasteiger partial charge in [0.15, 0.2) is 0 Å². The normalized spacial score (nSPS) is 13.6. The molecule has 0 radical (unpaired) electrons. The van der Waals surface area contributed by atoms with E-state index in [1.807, 2.05) is 20.8 Å². The summed E-state index contributed by atoms with van der Waals surface area (Å²) in [6, 6.07) is 6.61. The third-order valence-corrected chi connectivity index (χ3v) is 4.31. The molecule has 2 heterocycles. The minimum atomic E-state index is -1.16. The number of carboxylic acid groups (broad SMARTS) is 1. The molecule has 1 aromatic carbocycles. The van der Waals surface area contributed by atoms with Crippen molar-refractivity contribution in [1.82, 2.24) is 4.98 Å². The first-order valence-corrected chi connectivity index (χ1v) is 8.24. The molecule has 1 amide bonds. The molecule has 24 heavy (non-hydrogen) atoms. The van der Waals surface area contributed by atoms with Crippen molar-refractivity contribution >= 4 is 39.2 Å². The number of hydrogen-bond donors (Lipinski definition) is 2. The molecule has 1 aromatic heterocycles. The van der Waals surface area contributed by atoms with Crippen LogP contribution < -0.4 is 10.2 Å². The predicted molar refractivity (Wildman–Crippen MR) is 94.5 cm³/mol. The Morgan fingerprint density at radius 3 is 2.71 bits per heavy atom. The molecule has 1 aliphatic heterocycles. The maximum Gasteiger partial charge on any atom is 0.417 e. The van der Waals surface area contributed by atoms with E-state index in [-0.39, 0.29) is 18.1 Å². The summed E-state index contributed by atoms with van der Waals surface area (Å²) in [6.45, 7) is 5.82. The first kappa shape index (κ1) is 16.7. The molecule has 0 atom stereocenters. The fourth-order valence-corrected chi connectivity index (χ4v) is 3.07. The lowest BCUT2D eigenvalue weighted by Gasteiger charge is -2.24. The van der Waals surface area contributed by atoms with Crippen LogP contribution >= 0.6 is 15.9 Å². The Bertz CT molecular complexity index is 833. The zero-order valence-corrected chi connectivity index (χ0v) is 15.1. The van der Waals surface area contributed by atoms with Crippen molar-refractivity contribution in [3.63, 3.8) is 0 Å². The quantitative estimate of drug-likeness (QED) is 0.659. The third-order valence-electron chi connectivity index (χ3n) is 3.81. The van der Waals surface area contributed by atoms with Gasteiger partial charge < -0.3 is 10.4 Å². The van der Waals surface area contributed by atoms with Gasteiger partial charge in [-0.3, -0.25) is 0 Å². The summed E-state index contributed by atoms with van der Waals surface area (Å²) in [5.41, 5.74) is 1.31. The van der Waals surface area contributed by atoms with Crippen LogP contribution in [-0.4, -0.2) is 16.2 Å². The van der Waals surface area contributed by atoms with Crippen LogP contribution in [0.25, 0.3) is 0 Å². The van der Waals surface area contributed by atoms with E-state index < -0.39 is 17.3 Å². The fraction of sp³-hybridized carbons (Fsp3) is 0.294. The Morgan fingerprint density at radius 2 is 2.08 bits per heavy atom. The summed E-state index contributed by atoms with van der Waals surface area (Å²) in [6.07, 6.45) is -1.16. The highest BCUT2D eigenvalue weighted by Gasteiger charge is 2.30. The first-order chi connectivity index (χ1) is 11.2. The fourth-order valence-electron chi connectivity index (χ4n) is 2.71. The number of nitrogens with one attached hydrogen (secondary N) is 1. The minimum absolute atomic E-state index is 0.238. The molecular weight excluding hydrogens is 377 g/mol. The summed E-state index contributed by atoms with van der Waals surface area (Å²) in [5, 5.41) is 12.9. The lowest BCUT2D eigenvalue weighted by molar-refractivity contribution is 0.204. The zero-order valence-electron chi connectivity index (χ0n) is 13.5. The smallest absolute Gasteiger partial charge is 0.417 e. The van der Waals surface area contributed by atoms with Crippen LogP contribution in [0.5, 0.6) is 0 Å². The number of carbonyl (C=O) groups is 1. The van der Waals surface area contributed by atoms with Gasteiger partial charge in [0.05, 0.1) is 17.1 Å². The molecular formula is C17H17BrFN3O2. The molecule has 126 valence electrons. The highest BCUT2D eigenvalue weighted by atomic mass is 79.9. The predicted octanol–water partition coefficient (Wildman–Crippen LogP) is 5.02. The topological polar surface area (TPSA) is 65.5 Å². The van der Waals surface area contributed by atoms with Crippen molar-refractivity contribution in [1.29, 1.82) is 0 Å². The molecule has 0 saturated heterocycles. The third kappa shape index (κ3) is 2.84. The molecule has 0 spiro atoms. The van der Waals surface area contributed by atoms with Gasteiger partial charge >= 0.3 is 6.09 Å². The standard InChI is InChI=1S/C17H17BrFN3O2/c1-17(2,3)14-11(19)6-9-8-20-12-7-10(18)4-5-13(12)22(16(23)24)15(9)21-14/h4-7,20H,8H2,1-3H3,(H,23,24). The largest absolute Gasteiger partial charge is 0.464 e. The van der Waals surface area contributed by atoms with Crippen molar-refractivity contribution in [3.05, 3.63) is 45.8 Å². The lowest BCUT2D eigenvalue weighted by Crippen LogP contribution is -2.27. The van der Waals surface area contributed by atoms with Crippen molar-refractivity contribution in [3.8, 4) is 0 Å². The first-order valence-electron chi connectivity index (χ1n) is 7.45. The summed E-state index contributed by atoms with van der Waals surface area (Å²) < 4.78 is 15.3. The molecule has 0 unspecified atom stereocenters. The van der Waals surface area contributed by atoms with Gasteiger partial charge in [-0.1, -0.05) is 36.7 Å². The van der Waals surface area contributed by atoms with Gasteiger partial charge in [-0.2, -0.15) is 0 Å². The number of fused-ring (bicyclic) bond motifs is 2. The number of pyridine rings is 1. The van der Waals surface area contributed by atoms with Crippen molar-refractivity contribution < 1.29 is 14.3 Å². The Labute approximate surface area is 147 Å². The Balaban J connectivity index is 2.27. The number of halogens is 2. The van der Waals surface area contributed by atoms with Crippen LogP contribution in [0.2, 0.25) is 0 Å². The SMILES string of the molecule is CC(C)(C)c1nc2c(cc1F)CNc1cc(Br)ccc1N2C(=O)O. The maximum atomic E-state index is 14.5. The second-order valence-corrected chi connectivity index (χ2v) is 7.60. The van der Waals surface area contributed by atoms with Gasteiger partial charge in [-0.25, -0.2) is 19.1 Å². The van der Waals surface area contributed by atoms with E-state index in [9.17, 15) is 14.3 Å². The van der Waals surface area contributed by atoms with Crippen molar-refractivity contribution in [2.24, 2.45) is 0 Å². The molecule has 0 bridgehead atoms. The van der Waals surface area contributed by atoms with Gasteiger partial charge in [0, 0.05) is 22.0 Å². The average Bonchev–Trinajstić information content (AvgIpc) is 2.61. The molecule has 7 heteroatoms. The van der Waals surface area contributed by atoms with Crippen molar-refractivity contribution in [2.45, 2.75) is 32.7 Å². The lowest BCUT2D eigenvalue weighted by atomic mass is 9.90. The van der Waals surface area contributed by atoms with Gasteiger partial charge in [-0.05, 0) is 24.3 Å². The van der Waals surface area contributed by atoms with E-state index in [0.29, 0.717) is 16.9 Å². The second-order valence-electron chi connectivity index (χ2n) is 6.68. The number of anilines is 3. The number of amides is 1. The van der Waals surface area contributed by atoms with Crippen LogP contribution in [0.4, 0.5) is 26.4 Å². The highest BCUT2D eigenvalue weighted by molar-refractivity contribution is 9.10. The molecule has 1 aliphatic rings. The Morgan fingerprint density at radius 1 is 1.38 bits per heavy atom. The molecule has 5 nitrogen and oxygen atoms in total. The number of hydrogen-bond acceptors (Lipinski definition) is 3. The van der Waals surface area contributed by atoms with E-state index in [4.69, 9.17) is 0 Å². The zero-order chi connectivity index (χ0) is 17.6. The van der Waals surface area contributed by atoms with Crippen LogP contribution in [-0.2, 0) is 12.0 Å². The summed E-state index contributed by atoms with van der Waals surface area (Å²) in [5.74, 6) is -0.192. The number of aromatic nitrogens is 1. The van der Waals surface area contributed by atoms with Gasteiger partial charge in [-0.15, -0.1) is 0 Å². The van der Waals surface area contributed by atoms with Gasteiger partial charge in [0.2, 0.25) is 0 Å². The van der Waals surface area contributed by atoms with E-state index in [0.717, 1.165) is 9.37 Å². The summed E-state index contributed by atoms with van der Waals surface area (Å²) in [7, 11) is 0. The van der Waals surface area contributed by atoms with Crippen LogP contribution in [0.3, 0.4) is 0 Å². The second kappa shape index (κ2) is 5.73. The van der Waals surface area contributed by atoms with Gasteiger partial charge in [0.25, 0.3) is 0 Å². The monoisotopic (exact) mass is 393 g/mol. The summed E-state index contributed by atoms with van der Waals surface area (Å²) in [4.78, 5) is 17.4. The molecule has 3 rings (SSSR count). The minimum Gasteiger partial charge on any atom is -0.464 e. The van der Waals surface area contributed by atoms with Crippen LogP contribution in [0.1, 0.15) is 32.0 Å². The summed E-state index contributed by atoms with van der Waals surface area (Å²) >= 11 is 3.38. The van der Waals surface area contributed by atoms with Crippen LogP contribution in [0, 0.1) is 5.82 Å². The van der Waals surface area contributed by atoms with E-state index in [1.54, 1.807) is 18.2 Å². The van der Waals surface area contributed by atoms with Crippen LogP contribution in [0.15, 0.2) is 28.7 Å². The number of rotatable bonds is 0. The Hall–Kier alpha value is -2.15. The number of benzene rings is 1. The average molecular weight is 394 g/mol. The maximum absolute atomic E-state index is 14.5. The van der Waals surface area contributed by atoms with E-state index in [2.05, 4.69) is 26.2 Å². The van der Waals surface area contributed by atoms with E-state index in [1.165, 1.54) is 6.07 Å². The van der Waals surface area contributed by atoms with Gasteiger partial charge in [0.1, 0.15) is 11.6 Å². The molecule has 2 aromatic rings. The number of nitrogens with zero attached hydrogens (tertiary/aromatic N) is 2. The molecule has 0 saturated carbocycles. The molecule has 0 aliphatic carbocycles. The van der Waals surface area contributed by atoms with E-state index >= 15 is 0 Å². The molecule has 0 fully saturated rings. The Kier molecular flexibility index (Phi) is 3.99. The molecule has 2 N–H and O–H groups in total. The van der Waals surface area contributed by atoms with Crippen molar-refractivity contribution in [2.75, 3.05) is 10.2 Å². The highest BCUT2D eigenvalue weighted by Crippen LogP contribution is 2.39.